The quantitative estimate of drug-likeness (QED) is 0.722. The Bertz CT molecular complexity index is 762. The van der Waals surface area contributed by atoms with Crippen LogP contribution in [-0.4, -0.2) is 33.4 Å². The van der Waals surface area contributed by atoms with Crippen LogP contribution in [0.25, 0.3) is 0 Å². The molecule has 1 saturated heterocycles. The fourth-order valence-electron chi connectivity index (χ4n) is 6.35. The van der Waals surface area contributed by atoms with Gasteiger partial charge in [-0.25, -0.2) is 10.0 Å². The Morgan fingerprint density at radius 2 is 1.69 bits per heavy atom. The average molecular weight is 417 g/mol. The molecule has 1 heterocycles. The van der Waals surface area contributed by atoms with E-state index in [1.165, 1.54) is 32.1 Å². The standard InChI is InChI=1S/C21H25BrN2O2/c1-21(2)20(26)23(24(21)19(25)14-4-3-5-17(22)11-14)18-15-7-12-6-13(9-15)10-16(18)8-12/h3-5,11-13,15-16,18H,6-10H2,1-2H3. The molecule has 0 spiro atoms. The Morgan fingerprint density at radius 3 is 2.27 bits per heavy atom. The van der Waals surface area contributed by atoms with Crippen molar-refractivity contribution in [1.29, 1.82) is 0 Å². The fraction of sp³-hybridized carbons (Fsp3) is 0.619. The van der Waals surface area contributed by atoms with Gasteiger partial charge in [0.25, 0.3) is 11.8 Å². The zero-order chi connectivity index (χ0) is 18.2. The number of hydrogen-bond donors (Lipinski definition) is 0. The van der Waals surface area contributed by atoms with Gasteiger partial charge in [-0.3, -0.25) is 9.59 Å². The van der Waals surface area contributed by atoms with E-state index in [2.05, 4.69) is 15.9 Å². The van der Waals surface area contributed by atoms with Crippen molar-refractivity contribution >= 4 is 27.7 Å². The lowest BCUT2D eigenvalue weighted by Gasteiger charge is -2.65. The summed E-state index contributed by atoms with van der Waals surface area (Å²) >= 11 is 3.45. The maximum atomic E-state index is 13.3. The van der Waals surface area contributed by atoms with Crippen molar-refractivity contribution in [2.24, 2.45) is 23.7 Å². The van der Waals surface area contributed by atoms with E-state index in [9.17, 15) is 9.59 Å². The third-order valence-corrected chi connectivity index (χ3v) is 7.69. The molecule has 0 radical (unpaired) electrons. The van der Waals surface area contributed by atoms with Crippen LogP contribution in [0.2, 0.25) is 0 Å². The first-order valence-corrected chi connectivity index (χ1v) is 10.6. The molecular formula is C21H25BrN2O2. The van der Waals surface area contributed by atoms with Crippen molar-refractivity contribution in [3.05, 3.63) is 34.3 Å². The summed E-state index contributed by atoms with van der Waals surface area (Å²) < 4.78 is 0.883. The normalized spacial score (nSPS) is 37.0. The molecule has 4 bridgehead atoms. The number of benzene rings is 1. The van der Waals surface area contributed by atoms with Crippen LogP contribution in [0.5, 0.6) is 0 Å². The van der Waals surface area contributed by atoms with Gasteiger partial charge in [-0.05, 0) is 87.8 Å². The molecule has 2 amide bonds. The van der Waals surface area contributed by atoms with Gasteiger partial charge in [0.15, 0.2) is 0 Å². The van der Waals surface area contributed by atoms with Crippen LogP contribution in [0, 0.1) is 23.7 Å². The Balaban J connectivity index is 1.48. The Labute approximate surface area is 163 Å². The molecule has 6 rings (SSSR count). The molecule has 0 atom stereocenters. The van der Waals surface area contributed by atoms with Crippen molar-refractivity contribution < 1.29 is 9.59 Å². The van der Waals surface area contributed by atoms with Crippen molar-refractivity contribution in [3.8, 4) is 0 Å². The highest BCUT2D eigenvalue weighted by Gasteiger charge is 2.62. The first-order chi connectivity index (χ1) is 12.4. The second-order valence-corrected chi connectivity index (χ2v) is 10.2. The van der Waals surface area contributed by atoms with E-state index < -0.39 is 5.54 Å². The second kappa shape index (κ2) is 5.57. The maximum absolute atomic E-state index is 13.3. The van der Waals surface area contributed by atoms with Gasteiger partial charge in [-0.2, -0.15) is 0 Å². The third kappa shape index (κ3) is 2.25. The van der Waals surface area contributed by atoms with Crippen LogP contribution in [-0.2, 0) is 4.79 Å². The van der Waals surface area contributed by atoms with Crippen LogP contribution in [0.15, 0.2) is 28.7 Å². The minimum atomic E-state index is -0.756. The van der Waals surface area contributed by atoms with E-state index in [1.807, 2.05) is 43.1 Å². The zero-order valence-corrected chi connectivity index (χ0v) is 16.9. The number of carbonyl (C=O) groups is 2. The summed E-state index contributed by atoms with van der Waals surface area (Å²) in [5, 5.41) is 3.61. The zero-order valence-electron chi connectivity index (χ0n) is 15.3. The first-order valence-electron chi connectivity index (χ1n) is 9.80. The maximum Gasteiger partial charge on any atom is 0.273 e. The van der Waals surface area contributed by atoms with Crippen LogP contribution < -0.4 is 0 Å². The van der Waals surface area contributed by atoms with Gasteiger partial charge in [0, 0.05) is 10.0 Å². The van der Waals surface area contributed by atoms with E-state index in [-0.39, 0.29) is 17.9 Å². The van der Waals surface area contributed by atoms with E-state index in [0.29, 0.717) is 17.4 Å². The molecule has 26 heavy (non-hydrogen) atoms. The minimum Gasteiger partial charge on any atom is -0.270 e. The molecule has 0 aromatic heterocycles. The molecular weight excluding hydrogens is 392 g/mol. The van der Waals surface area contributed by atoms with Gasteiger partial charge in [-0.1, -0.05) is 22.0 Å². The highest BCUT2D eigenvalue weighted by atomic mass is 79.9. The molecule has 0 N–H and O–H groups in total. The Kier molecular flexibility index (Phi) is 3.60. The Hall–Kier alpha value is -1.36. The third-order valence-electron chi connectivity index (χ3n) is 7.20. The lowest BCUT2D eigenvalue weighted by molar-refractivity contribution is -0.230. The molecule has 1 aromatic carbocycles. The second-order valence-electron chi connectivity index (χ2n) is 9.26. The van der Waals surface area contributed by atoms with Crippen molar-refractivity contribution in [1.82, 2.24) is 10.0 Å². The van der Waals surface area contributed by atoms with Gasteiger partial charge in [0.1, 0.15) is 5.54 Å². The number of nitrogens with zero attached hydrogens (tertiary/aromatic N) is 2. The predicted octanol–water partition coefficient (Wildman–Crippen LogP) is 4.25. The van der Waals surface area contributed by atoms with Gasteiger partial charge in [0.2, 0.25) is 0 Å². The summed E-state index contributed by atoms with van der Waals surface area (Å²) in [6.07, 6.45) is 6.34. The summed E-state index contributed by atoms with van der Waals surface area (Å²) in [4.78, 5) is 26.3. The first kappa shape index (κ1) is 16.8. The number of carbonyl (C=O) groups excluding carboxylic acids is 2. The summed E-state index contributed by atoms with van der Waals surface area (Å²) in [5.74, 6) is 2.90. The number of hydrazine groups is 1. The van der Waals surface area contributed by atoms with E-state index in [4.69, 9.17) is 0 Å². The van der Waals surface area contributed by atoms with Crippen LogP contribution in [0.1, 0.15) is 56.3 Å². The highest BCUT2D eigenvalue weighted by Crippen LogP contribution is 2.57. The molecule has 5 heteroatoms. The summed E-state index contributed by atoms with van der Waals surface area (Å²) in [5.41, 5.74) is -0.123. The average Bonchev–Trinajstić information content (AvgIpc) is 2.59. The molecule has 138 valence electrons. The number of halogens is 1. The van der Waals surface area contributed by atoms with Gasteiger partial charge in [0.05, 0.1) is 6.04 Å². The lowest BCUT2D eigenvalue weighted by Crippen LogP contribution is -2.80. The molecule has 4 aliphatic carbocycles. The number of hydrogen-bond acceptors (Lipinski definition) is 2. The molecule has 4 nitrogen and oxygen atoms in total. The summed E-state index contributed by atoms with van der Waals surface area (Å²) in [6, 6.07) is 7.69. The largest absolute Gasteiger partial charge is 0.273 e. The van der Waals surface area contributed by atoms with E-state index in [0.717, 1.165) is 16.3 Å². The molecule has 0 unspecified atom stereocenters. The van der Waals surface area contributed by atoms with Crippen molar-refractivity contribution in [2.75, 3.05) is 0 Å². The van der Waals surface area contributed by atoms with Gasteiger partial charge < -0.3 is 0 Å². The van der Waals surface area contributed by atoms with Crippen molar-refractivity contribution in [2.45, 2.75) is 57.5 Å². The lowest BCUT2D eigenvalue weighted by atomic mass is 9.53. The van der Waals surface area contributed by atoms with Crippen LogP contribution in [0.4, 0.5) is 0 Å². The topological polar surface area (TPSA) is 40.6 Å². The predicted molar refractivity (Wildman–Crippen MR) is 102 cm³/mol. The van der Waals surface area contributed by atoms with Crippen molar-refractivity contribution in [3.63, 3.8) is 0 Å². The molecule has 1 aromatic rings. The SMILES string of the molecule is CC1(C)C(=O)N(C2C3CC4CC(C3)CC2C4)N1C(=O)c1cccc(Br)c1. The molecule has 5 fully saturated rings. The molecule has 5 aliphatic rings. The monoisotopic (exact) mass is 416 g/mol. The van der Waals surface area contributed by atoms with E-state index in [1.54, 1.807) is 5.01 Å². The van der Waals surface area contributed by atoms with Crippen LogP contribution >= 0.6 is 15.9 Å². The Morgan fingerprint density at radius 1 is 1.08 bits per heavy atom. The van der Waals surface area contributed by atoms with Crippen LogP contribution in [0.3, 0.4) is 0 Å². The van der Waals surface area contributed by atoms with Gasteiger partial charge in [-0.15, -0.1) is 0 Å². The molecule has 4 saturated carbocycles. The number of rotatable bonds is 2. The number of amides is 2. The highest BCUT2D eigenvalue weighted by molar-refractivity contribution is 9.10. The smallest absolute Gasteiger partial charge is 0.270 e. The minimum absolute atomic E-state index is 0.0651. The molecule has 1 aliphatic heterocycles. The summed E-state index contributed by atoms with van der Waals surface area (Å²) in [6.45, 7) is 3.75. The fourth-order valence-corrected chi connectivity index (χ4v) is 6.75. The van der Waals surface area contributed by atoms with Gasteiger partial charge >= 0.3 is 0 Å². The summed E-state index contributed by atoms with van der Waals surface area (Å²) in [7, 11) is 0. The van der Waals surface area contributed by atoms with E-state index >= 15 is 0 Å².